The van der Waals surface area contributed by atoms with Gasteiger partial charge in [-0.2, -0.15) is 0 Å². The molecule has 33 heavy (non-hydrogen) atoms. The van der Waals surface area contributed by atoms with Gasteiger partial charge in [0.25, 0.3) is 10.0 Å². The molecule has 0 bridgehead atoms. The number of rotatable bonds is 7. The first-order valence-corrected chi connectivity index (χ1v) is 13.1. The van der Waals surface area contributed by atoms with Crippen molar-refractivity contribution < 1.29 is 13.2 Å². The SMILES string of the molecule is Cc1nc(C)c(-c2csc(NC(=O)Cc3ccc(S(=O)(=O)N(C)c4cccnc4)cc3)n2)s1. The highest BCUT2D eigenvalue weighted by Crippen LogP contribution is 2.32. The Balaban J connectivity index is 1.41. The van der Waals surface area contributed by atoms with Gasteiger partial charge in [-0.3, -0.25) is 14.1 Å². The predicted octanol–water partition coefficient (Wildman–Crippen LogP) is 4.28. The van der Waals surface area contributed by atoms with Gasteiger partial charge in [-0.1, -0.05) is 12.1 Å². The standard InChI is InChI=1S/C22H21N5O3S3/c1-14-21(32-15(2)24-14)19-13-31-22(25-19)26-20(28)11-16-6-8-18(9-7-16)33(29,30)27(3)17-5-4-10-23-12-17/h4-10,12-13H,11H2,1-3H3,(H,25,26,28). The van der Waals surface area contributed by atoms with Crippen molar-refractivity contribution >= 4 is 49.4 Å². The molecule has 0 aliphatic rings. The van der Waals surface area contributed by atoms with Gasteiger partial charge in [0.15, 0.2) is 5.13 Å². The summed E-state index contributed by atoms with van der Waals surface area (Å²) in [6, 6.07) is 9.63. The normalized spacial score (nSPS) is 11.4. The first kappa shape index (κ1) is 23.0. The highest BCUT2D eigenvalue weighted by Gasteiger charge is 2.21. The fourth-order valence-electron chi connectivity index (χ4n) is 3.17. The molecule has 0 aliphatic carbocycles. The number of carbonyl (C=O) groups excluding carboxylic acids is 1. The molecular weight excluding hydrogens is 478 g/mol. The molecule has 3 aromatic heterocycles. The average Bonchev–Trinajstić information content (AvgIpc) is 3.39. The maximum absolute atomic E-state index is 12.9. The topological polar surface area (TPSA) is 105 Å². The zero-order valence-electron chi connectivity index (χ0n) is 18.1. The third kappa shape index (κ3) is 5.10. The Morgan fingerprint density at radius 3 is 2.52 bits per heavy atom. The van der Waals surface area contributed by atoms with Gasteiger partial charge < -0.3 is 5.32 Å². The van der Waals surface area contributed by atoms with Gasteiger partial charge in [0.2, 0.25) is 5.91 Å². The van der Waals surface area contributed by atoms with Crippen LogP contribution in [0.5, 0.6) is 0 Å². The molecule has 0 saturated heterocycles. The number of amides is 1. The molecule has 0 aliphatic heterocycles. The third-order valence-corrected chi connectivity index (χ3v) is 8.50. The second kappa shape index (κ2) is 9.38. The van der Waals surface area contributed by atoms with Crippen LogP contribution >= 0.6 is 22.7 Å². The van der Waals surface area contributed by atoms with Crippen molar-refractivity contribution in [2.45, 2.75) is 25.2 Å². The number of hydrogen-bond donors (Lipinski definition) is 1. The van der Waals surface area contributed by atoms with Crippen LogP contribution in [0.3, 0.4) is 0 Å². The van der Waals surface area contributed by atoms with Crippen LogP contribution in [-0.2, 0) is 21.2 Å². The van der Waals surface area contributed by atoms with Crippen LogP contribution in [-0.4, -0.2) is 36.3 Å². The maximum atomic E-state index is 12.9. The molecule has 11 heteroatoms. The highest BCUT2D eigenvalue weighted by atomic mass is 32.2. The van der Waals surface area contributed by atoms with E-state index in [1.54, 1.807) is 41.8 Å². The van der Waals surface area contributed by atoms with E-state index in [1.165, 1.54) is 41.0 Å². The van der Waals surface area contributed by atoms with Gasteiger partial charge in [0.1, 0.15) is 0 Å². The molecule has 0 atom stereocenters. The zero-order chi connectivity index (χ0) is 23.6. The molecule has 4 rings (SSSR count). The van der Waals surface area contributed by atoms with Crippen LogP contribution in [0.4, 0.5) is 10.8 Å². The smallest absolute Gasteiger partial charge is 0.264 e. The fourth-order valence-corrected chi connectivity index (χ4v) is 6.02. The molecule has 0 spiro atoms. The predicted molar refractivity (Wildman–Crippen MR) is 131 cm³/mol. The van der Waals surface area contributed by atoms with Crippen LogP contribution in [0.1, 0.15) is 16.3 Å². The molecule has 4 aromatic rings. The van der Waals surface area contributed by atoms with Gasteiger partial charge in [0, 0.05) is 18.6 Å². The van der Waals surface area contributed by atoms with E-state index in [1.807, 2.05) is 19.2 Å². The third-order valence-electron chi connectivity index (χ3n) is 4.84. The summed E-state index contributed by atoms with van der Waals surface area (Å²) in [6.45, 7) is 3.89. The first-order chi connectivity index (χ1) is 15.7. The van der Waals surface area contributed by atoms with E-state index in [0.29, 0.717) is 16.4 Å². The van der Waals surface area contributed by atoms with Crippen molar-refractivity contribution in [1.29, 1.82) is 0 Å². The Hall–Kier alpha value is -3.15. The molecular formula is C22H21N5O3S3. The van der Waals surface area contributed by atoms with E-state index < -0.39 is 10.0 Å². The van der Waals surface area contributed by atoms with E-state index in [2.05, 4.69) is 20.3 Å². The molecule has 0 fully saturated rings. The van der Waals surface area contributed by atoms with E-state index in [4.69, 9.17) is 0 Å². The molecule has 1 N–H and O–H groups in total. The summed E-state index contributed by atoms with van der Waals surface area (Å²) < 4.78 is 26.9. The Labute approximate surface area is 200 Å². The minimum absolute atomic E-state index is 0.104. The molecule has 0 unspecified atom stereocenters. The molecule has 1 amide bonds. The number of hydrogen-bond acceptors (Lipinski definition) is 8. The average molecular weight is 500 g/mol. The quantitative estimate of drug-likeness (QED) is 0.407. The van der Waals surface area contributed by atoms with Gasteiger partial charge in [-0.05, 0) is 43.7 Å². The number of thiazole rings is 2. The summed E-state index contributed by atoms with van der Waals surface area (Å²) in [4.78, 5) is 26.5. The minimum Gasteiger partial charge on any atom is -0.302 e. The molecule has 170 valence electrons. The van der Waals surface area contributed by atoms with Crippen LogP contribution in [0.15, 0.2) is 59.1 Å². The number of nitrogens with one attached hydrogen (secondary N) is 1. The number of benzene rings is 1. The monoisotopic (exact) mass is 499 g/mol. The number of aromatic nitrogens is 3. The van der Waals surface area contributed by atoms with Crippen molar-refractivity contribution in [3.8, 4) is 10.6 Å². The number of anilines is 2. The van der Waals surface area contributed by atoms with Crippen molar-refractivity contribution in [3.63, 3.8) is 0 Å². The Kier molecular flexibility index (Phi) is 6.54. The van der Waals surface area contributed by atoms with Crippen molar-refractivity contribution in [2.24, 2.45) is 0 Å². The molecule has 3 heterocycles. The summed E-state index contributed by atoms with van der Waals surface area (Å²) in [6.07, 6.45) is 3.17. The maximum Gasteiger partial charge on any atom is 0.264 e. The summed E-state index contributed by atoms with van der Waals surface area (Å²) >= 11 is 2.92. The second-order valence-corrected chi connectivity index (χ2v) is 11.3. The van der Waals surface area contributed by atoms with E-state index >= 15 is 0 Å². The number of pyridine rings is 1. The lowest BCUT2D eigenvalue weighted by Gasteiger charge is -2.19. The molecule has 0 radical (unpaired) electrons. The second-order valence-electron chi connectivity index (χ2n) is 7.24. The largest absolute Gasteiger partial charge is 0.302 e. The number of sulfonamides is 1. The highest BCUT2D eigenvalue weighted by molar-refractivity contribution is 7.92. The van der Waals surface area contributed by atoms with E-state index in [9.17, 15) is 13.2 Å². The van der Waals surface area contributed by atoms with Crippen LogP contribution in [0, 0.1) is 13.8 Å². The molecule has 1 aromatic carbocycles. The summed E-state index contributed by atoms with van der Waals surface area (Å²) in [5.74, 6) is -0.226. The van der Waals surface area contributed by atoms with E-state index in [-0.39, 0.29) is 17.2 Å². The zero-order valence-corrected chi connectivity index (χ0v) is 20.6. The van der Waals surface area contributed by atoms with Crippen LogP contribution in [0.2, 0.25) is 0 Å². The van der Waals surface area contributed by atoms with Crippen molar-refractivity contribution in [1.82, 2.24) is 15.0 Å². The number of aryl methyl sites for hydroxylation is 2. The number of carbonyl (C=O) groups is 1. The van der Waals surface area contributed by atoms with Crippen molar-refractivity contribution in [3.05, 3.63) is 70.4 Å². The summed E-state index contributed by atoms with van der Waals surface area (Å²) in [5, 5.41) is 6.19. The number of nitrogens with zero attached hydrogens (tertiary/aromatic N) is 4. The Morgan fingerprint density at radius 1 is 1.12 bits per heavy atom. The Bertz CT molecular complexity index is 1380. The van der Waals surface area contributed by atoms with Crippen molar-refractivity contribution in [2.75, 3.05) is 16.7 Å². The van der Waals surface area contributed by atoms with Gasteiger partial charge in [-0.25, -0.2) is 18.4 Å². The van der Waals surface area contributed by atoms with E-state index in [0.717, 1.165) is 21.3 Å². The van der Waals surface area contributed by atoms with Crippen LogP contribution in [0.25, 0.3) is 10.6 Å². The lowest BCUT2D eigenvalue weighted by Crippen LogP contribution is -2.26. The lowest BCUT2D eigenvalue weighted by molar-refractivity contribution is -0.115. The Morgan fingerprint density at radius 2 is 1.88 bits per heavy atom. The van der Waals surface area contributed by atoms with Gasteiger partial charge in [-0.15, -0.1) is 22.7 Å². The summed E-state index contributed by atoms with van der Waals surface area (Å²) in [7, 11) is -2.25. The van der Waals surface area contributed by atoms with Gasteiger partial charge >= 0.3 is 0 Å². The molecule has 8 nitrogen and oxygen atoms in total. The molecule has 0 saturated carbocycles. The summed E-state index contributed by atoms with van der Waals surface area (Å²) in [5.41, 5.74) is 2.88. The fraction of sp³-hybridized carbons (Fsp3) is 0.182. The lowest BCUT2D eigenvalue weighted by atomic mass is 10.1. The minimum atomic E-state index is -3.73. The van der Waals surface area contributed by atoms with Crippen LogP contribution < -0.4 is 9.62 Å². The first-order valence-electron chi connectivity index (χ1n) is 9.92. The van der Waals surface area contributed by atoms with Gasteiger partial charge in [0.05, 0.1) is 44.5 Å².